The molecule has 0 aliphatic rings. The molecule has 146 valence electrons. The number of nitrogens with zero attached hydrogens (tertiary/aromatic N) is 4. The average Bonchev–Trinajstić information content (AvgIpc) is 3.10. The van der Waals surface area contributed by atoms with Gasteiger partial charge in [0.15, 0.2) is 0 Å². The van der Waals surface area contributed by atoms with Gasteiger partial charge in [-0.05, 0) is 36.4 Å². The highest BCUT2D eigenvalue weighted by atomic mass is 16.3. The van der Waals surface area contributed by atoms with E-state index in [4.69, 9.17) is 0 Å². The summed E-state index contributed by atoms with van der Waals surface area (Å²) in [5.74, 6) is -0.00547. The molecule has 1 amide bonds. The van der Waals surface area contributed by atoms with E-state index < -0.39 is 0 Å². The van der Waals surface area contributed by atoms with Crippen LogP contribution in [-0.2, 0) is 11.3 Å². The lowest BCUT2D eigenvalue weighted by atomic mass is 10.1. The monoisotopic (exact) mass is 380 g/mol. The Hall–Kier alpha value is -3.19. The SMILES string of the molecule is C=CC(=O)NCCC[N+](C)(C)Cc1ccc(O)c(-n2nc3ccccc3n2)c1. The zero-order chi connectivity index (χ0) is 20.1. The van der Waals surface area contributed by atoms with Crippen molar-refractivity contribution in [1.82, 2.24) is 20.3 Å². The van der Waals surface area contributed by atoms with Gasteiger partial charge in [0.25, 0.3) is 0 Å². The number of hydrogen-bond acceptors (Lipinski definition) is 4. The van der Waals surface area contributed by atoms with E-state index in [1.807, 2.05) is 36.4 Å². The standard InChI is InChI=1S/C21H25N5O2/c1-4-21(28)22-12-7-13-26(2,3)15-16-10-11-20(27)19(14-16)25-23-17-8-5-6-9-18(17)24-25/h4-6,8-11,14H,1,7,12-13,15H2,2-3H3,(H-,22,27,28)/p+1. The molecule has 2 N–H and O–H groups in total. The number of hydrogen-bond donors (Lipinski definition) is 2. The van der Waals surface area contributed by atoms with Crippen molar-refractivity contribution >= 4 is 16.9 Å². The van der Waals surface area contributed by atoms with Gasteiger partial charge in [-0.1, -0.05) is 18.7 Å². The van der Waals surface area contributed by atoms with Gasteiger partial charge in [0, 0.05) is 18.5 Å². The van der Waals surface area contributed by atoms with E-state index in [0.29, 0.717) is 12.2 Å². The van der Waals surface area contributed by atoms with Gasteiger partial charge in [-0.2, -0.15) is 0 Å². The van der Waals surface area contributed by atoms with Crippen molar-refractivity contribution in [3.8, 4) is 11.4 Å². The zero-order valence-corrected chi connectivity index (χ0v) is 16.3. The van der Waals surface area contributed by atoms with Crippen molar-refractivity contribution in [2.24, 2.45) is 0 Å². The predicted octanol–water partition coefficient (Wildman–Crippen LogP) is 2.39. The Bertz CT molecular complexity index is 960. The maximum Gasteiger partial charge on any atom is 0.243 e. The molecular formula is C21H26N5O2+. The summed E-state index contributed by atoms with van der Waals surface area (Å²) in [5, 5.41) is 22.0. The summed E-state index contributed by atoms with van der Waals surface area (Å²) < 4.78 is 0.753. The number of phenolic OH excluding ortho intramolecular Hbond substituents is 1. The lowest BCUT2D eigenvalue weighted by molar-refractivity contribution is -0.903. The van der Waals surface area contributed by atoms with E-state index in [1.165, 1.54) is 10.9 Å². The Morgan fingerprint density at radius 2 is 1.89 bits per heavy atom. The summed E-state index contributed by atoms with van der Waals surface area (Å²) in [6.07, 6.45) is 2.15. The second-order valence-corrected chi connectivity index (χ2v) is 7.47. The Morgan fingerprint density at radius 3 is 2.54 bits per heavy atom. The molecule has 2 aromatic carbocycles. The van der Waals surface area contributed by atoms with Crippen LogP contribution >= 0.6 is 0 Å². The van der Waals surface area contributed by atoms with Crippen LogP contribution in [0.25, 0.3) is 16.7 Å². The molecule has 0 aliphatic carbocycles. The quantitative estimate of drug-likeness (QED) is 0.357. The number of benzene rings is 2. The molecule has 3 aromatic rings. The van der Waals surface area contributed by atoms with Gasteiger partial charge in [0.1, 0.15) is 29.0 Å². The minimum atomic E-state index is -0.146. The molecule has 28 heavy (non-hydrogen) atoms. The summed E-state index contributed by atoms with van der Waals surface area (Å²) >= 11 is 0. The molecular weight excluding hydrogens is 354 g/mol. The van der Waals surface area contributed by atoms with Gasteiger partial charge in [-0.25, -0.2) is 0 Å². The van der Waals surface area contributed by atoms with Crippen LogP contribution in [0.2, 0.25) is 0 Å². The van der Waals surface area contributed by atoms with E-state index >= 15 is 0 Å². The van der Waals surface area contributed by atoms with Crippen molar-refractivity contribution in [2.45, 2.75) is 13.0 Å². The van der Waals surface area contributed by atoms with Gasteiger partial charge < -0.3 is 14.9 Å². The van der Waals surface area contributed by atoms with E-state index in [1.54, 1.807) is 6.07 Å². The minimum absolute atomic E-state index is 0.140. The molecule has 0 atom stereocenters. The molecule has 3 rings (SSSR count). The molecule has 0 bridgehead atoms. The molecule has 7 heteroatoms. The molecule has 0 radical (unpaired) electrons. The van der Waals surface area contributed by atoms with Crippen molar-refractivity contribution in [2.75, 3.05) is 27.2 Å². The van der Waals surface area contributed by atoms with Crippen molar-refractivity contribution in [3.05, 3.63) is 60.7 Å². The molecule has 0 fully saturated rings. The van der Waals surface area contributed by atoms with Crippen LogP contribution in [0.15, 0.2) is 55.1 Å². The Kier molecular flexibility index (Phi) is 5.75. The van der Waals surface area contributed by atoms with E-state index in [9.17, 15) is 9.90 Å². The first-order valence-electron chi connectivity index (χ1n) is 9.24. The maximum absolute atomic E-state index is 11.2. The van der Waals surface area contributed by atoms with E-state index in [-0.39, 0.29) is 11.7 Å². The fourth-order valence-corrected chi connectivity index (χ4v) is 3.16. The minimum Gasteiger partial charge on any atom is -0.506 e. The third-order valence-electron chi connectivity index (χ3n) is 4.58. The zero-order valence-electron chi connectivity index (χ0n) is 16.3. The molecule has 1 heterocycles. The Balaban J connectivity index is 1.71. The summed E-state index contributed by atoms with van der Waals surface area (Å²) in [5.41, 5.74) is 3.20. The normalized spacial score (nSPS) is 11.5. The molecule has 1 aromatic heterocycles. The predicted molar refractivity (Wildman–Crippen MR) is 109 cm³/mol. The maximum atomic E-state index is 11.2. The van der Waals surface area contributed by atoms with Gasteiger partial charge in [-0.3, -0.25) is 4.79 Å². The summed E-state index contributed by atoms with van der Waals surface area (Å²) in [7, 11) is 4.28. The van der Waals surface area contributed by atoms with Crippen LogP contribution in [0.3, 0.4) is 0 Å². The van der Waals surface area contributed by atoms with Crippen LogP contribution in [0, 0.1) is 0 Å². The lowest BCUT2D eigenvalue weighted by Gasteiger charge is -2.30. The van der Waals surface area contributed by atoms with Crippen molar-refractivity contribution in [3.63, 3.8) is 0 Å². The topological polar surface area (TPSA) is 80.0 Å². The number of aromatic nitrogens is 3. The molecule has 0 aliphatic heterocycles. The Morgan fingerprint density at radius 1 is 1.21 bits per heavy atom. The Labute approximate surface area is 164 Å². The van der Waals surface area contributed by atoms with E-state index in [2.05, 4.69) is 36.2 Å². The molecule has 0 saturated carbocycles. The van der Waals surface area contributed by atoms with Gasteiger partial charge in [0.05, 0.1) is 20.6 Å². The second-order valence-electron chi connectivity index (χ2n) is 7.47. The highest BCUT2D eigenvalue weighted by Gasteiger charge is 2.18. The fourth-order valence-electron chi connectivity index (χ4n) is 3.16. The summed E-state index contributed by atoms with van der Waals surface area (Å²) in [4.78, 5) is 12.7. The van der Waals surface area contributed by atoms with Crippen LogP contribution < -0.4 is 5.32 Å². The highest BCUT2D eigenvalue weighted by Crippen LogP contribution is 2.24. The number of quaternary nitrogens is 1. The number of carbonyl (C=O) groups excluding carboxylic acids is 1. The molecule has 0 unspecified atom stereocenters. The van der Waals surface area contributed by atoms with Crippen LogP contribution in [-0.4, -0.2) is 57.7 Å². The van der Waals surface area contributed by atoms with E-state index in [0.717, 1.165) is 40.6 Å². The summed E-state index contributed by atoms with van der Waals surface area (Å²) in [6.45, 7) is 5.75. The first kappa shape index (κ1) is 19.6. The van der Waals surface area contributed by atoms with Crippen molar-refractivity contribution in [1.29, 1.82) is 0 Å². The molecule has 0 saturated heterocycles. The number of carbonyl (C=O) groups is 1. The number of fused-ring (bicyclic) bond motifs is 1. The average molecular weight is 380 g/mol. The fraction of sp³-hybridized carbons (Fsp3) is 0.286. The van der Waals surface area contributed by atoms with Gasteiger partial charge in [0.2, 0.25) is 5.91 Å². The smallest absolute Gasteiger partial charge is 0.243 e. The second kappa shape index (κ2) is 8.22. The number of phenols is 1. The molecule has 0 spiro atoms. The molecule has 7 nitrogen and oxygen atoms in total. The first-order valence-corrected chi connectivity index (χ1v) is 9.24. The number of nitrogens with one attached hydrogen (secondary N) is 1. The number of rotatable bonds is 8. The van der Waals surface area contributed by atoms with Crippen molar-refractivity contribution < 1.29 is 14.4 Å². The largest absolute Gasteiger partial charge is 0.506 e. The number of amides is 1. The number of aromatic hydroxyl groups is 1. The third kappa shape index (κ3) is 4.75. The highest BCUT2D eigenvalue weighted by molar-refractivity contribution is 5.86. The van der Waals surface area contributed by atoms with Crippen LogP contribution in [0.5, 0.6) is 5.75 Å². The van der Waals surface area contributed by atoms with Crippen LogP contribution in [0.4, 0.5) is 0 Å². The lowest BCUT2D eigenvalue weighted by Crippen LogP contribution is -2.41. The van der Waals surface area contributed by atoms with Gasteiger partial charge >= 0.3 is 0 Å². The van der Waals surface area contributed by atoms with Gasteiger partial charge in [-0.15, -0.1) is 15.0 Å². The third-order valence-corrected chi connectivity index (χ3v) is 4.58. The first-order chi connectivity index (χ1) is 13.4. The van der Waals surface area contributed by atoms with Crippen LogP contribution in [0.1, 0.15) is 12.0 Å². The summed E-state index contributed by atoms with van der Waals surface area (Å²) in [6, 6.07) is 13.1.